The normalized spacial score (nSPS) is 14.8. The van der Waals surface area contributed by atoms with Gasteiger partial charge in [0.1, 0.15) is 16.8 Å². The van der Waals surface area contributed by atoms with Crippen LogP contribution in [0.15, 0.2) is 30.3 Å². The van der Waals surface area contributed by atoms with Crippen molar-refractivity contribution in [3.8, 4) is 5.75 Å². The average Bonchev–Trinajstić information content (AvgIpc) is 3.09. The minimum Gasteiger partial charge on any atom is -0.406 e. The van der Waals surface area contributed by atoms with Crippen molar-refractivity contribution >= 4 is 64.4 Å². The molecule has 0 aliphatic carbocycles. The highest BCUT2D eigenvalue weighted by Gasteiger charge is 2.34. The predicted molar refractivity (Wildman–Crippen MR) is 119 cm³/mol. The largest absolute Gasteiger partial charge is 0.573 e. The number of nitrogens with two attached hydrogens (primary N) is 1. The van der Waals surface area contributed by atoms with Gasteiger partial charge in [-0.2, -0.15) is 27.6 Å². The van der Waals surface area contributed by atoms with Crippen LogP contribution in [-0.4, -0.2) is 38.2 Å². The summed E-state index contributed by atoms with van der Waals surface area (Å²) in [5.74, 6) is -1.06. The third-order valence-electron chi connectivity index (χ3n) is 4.42. The fourth-order valence-electron chi connectivity index (χ4n) is 2.72. The fourth-order valence-corrected chi connectivity index (χ4v) is 3.54. The van der Waals surface area contributed by atoms with E-state index in [0.717, 1.165) is 12.1 Å². The molecule has 0 fully saturated rings. The Labute approximate surface area is 200 Å². The number of thiol groups is 1. The van der Waals surface area contributed by atoms with Crippen LogP contribution in [0.1, 0.15) is 17.3 Å². The van der Waals surface area contributed by atoms with E-state index in [1.54, 1.807) is 6.92 Å². The number of nitrogens with zero attached hydrogens (tertiary/aromatic N) is 3. The molecule has 0 saturated carbocycles. The molecule has 0 aliphatic rings. The summed E-state index contributed by atoms with van der Waals surface area (Å²) in [6, 6.07) is 5.85. The van der Waals surface area contributed by atoms with E-state index in [4.69, 9.17) is 40.5 Å². The summed E-state index contributed by atoms with van der Waals surface area (Å²) in [5.41, 5.74) is 5.45. The molecule has 1 amide bonds. The summed E-state index contributed by atoms with van der Waals surface area (Å²) in [6.07, 6.45) is -4.84. The Morgan fingerprint density at radius 2 is 1.78 bits per heavy atom. The van der Waals surface area contributed by atoms with Gasteiger partial charge in [0, 0.05) is 5.56 Å². The minimum atomic E-state index is -4.84. The lowest BCUT2D eigenvalue weighted by molar-refractivity contribution is -0.274. The van der Waals surface area contributed by atoms with Crippen LogP contribution in [0.4, 0.5) is 13.2 Å². The number of carbonyl (C=O) groups is 1. The Morgan fingerprint density at radius 3 is 2.34 bits per heavy atom. The number of carbonyl (C=O) groups excluding carboxylic acids is 1. The van der Waals surface area contributed by atoms with Crippen molar-refractivity contribution in [1.29, 1.82) is 0 Å². The third-order valence-corrected chi connectivity index (χ3v) is 6.06. The van der Waals surface area contributed by atoms with Crippen LogP contribution in [0.25, 0.3) is 11.0 Å². The van der Waals surface area contributed by atoms with Gasteiger partial charge in [0.2, 0.25) is 0 Å². The van der Waals surface area contributed by atoms with E-state index in [2.05, 4.69) is 32.9 Å². The van der Waals surface area contributed by atoms with Gasteiger partial charge in [-0.3, -0.25) is 4.79 Å². The van der Waals surface area contributed by atoms with Gasteiger partial charge in [-0.1, -0.05) is 34.8 Å². The molecular formula is C18H15Cl3F3N5O2S. The molecule has 3 aromatic rings. The van der Waals surface area contributed by atoms with Gasteiger partial charge in [0.15, 0.2) is 0 Å². The first-order valence-corrected chi connectivity index (χ1v) is 10.4. The van der Waals surface area contributed by atoms with Gasteiger partial charge in [-0.25, -0.2) is 0 Å². The van der Waals surface area contributed by atoms with E-state index in [1.165, 1.54) is 23.0 Å². The molecule has 0 radical (unpaired) electrons. The van der Waals surface area contributed by atoms with E-state index in [9.17, 15) is 18.0 Å². The molecule has 0 aliphatic heterocycles. The topological polar surface area (TPSA) is 95.1 Å². The molecule has 2 atom stereocenters. The van der Waals surface area contributed by atoms with Crippen molar-refractivity contribution in [2.45, 2.75) is 30.7 Å². The van der Waals surface area contributed by atoms with Crippen LogP contribution >= 0.6 is 47.4 Å². The summed E-state index contributed by atoms with van der Waals surface area (Å²) in [5, 5.41) is 11.0. The first-order chi connectivity index (χ1) is 14.8. The van der Waals surface area contributed by atoms with Crippen LogP contribution in [0, 0.1) is 0 Å². The summed E-state index contributed by atoms with van der Waals surface area (Å²) in [4.78, 5) is 13.9. The number of ether oxygens (including phenoxy) is 1. The van der Waals surface area contributed by atoms with Gasteiger partial charge >= 0.3 is 6.36 Å². The summed E-state index contributed by atoms with van der Waals surface area (Å²) in [7, 11) is 0. The highest BCUT2D eigenvalue weighted by Crippen LogP contribution is 2.34. The Balaban J connectivity index is 1.83. The molecule has 2 unspecified atom stereocenters. The van der Waals surface area contributed by atoms with Crippen LogP contribution < -0.4 is 15.8 Å². The molecule has 3 rings (SSSR count). The second kappa shape index (κ2) is 9.14. The van der Waals surface area contributed by atoms with E-state index in [1.807, 2.05) is 0 Å². The van der Waals surface area contributed by atoms with Crippen molar-refractivity contribution in [3.63, 3.8) is 0 Å². The molecule has 172 valence electrons. The van der Waals surface area contributed by atoms with E-state index in [-0.39, 0.29) is 32.7 Å². The van der Waals surface area contributed by atoms with Crippen molar-refractivity contribution in [1.82, 2.24) is 20.3 Å². The molecule has 7 nitrogen and oxygen atoms in total. The number of amides is 1. The van der Waals surface area contributed by atoms with Gasteiger partial charge < -0.3 is 15.8 Å². The Bertz CT molecular complexity index is 1160. The number of aromatic nitrogens is 3. The van der Waals surface area contributed by atoms with Gasteiger partial charge in [0.25, 0.3) is 5.91 Å². The summed E-state index contributed by atoms with van der Waals surface area (Å²) in [6.45, 7) is 1.57. The maximum absolute atomic E-state index is 12.7. The number of hydrogen-bond acceptors (Lipinski definition) is 6. The standard InChI is InChI=1S/C18H15Cl3F3N5O2S/c1-17(16(25)32,7-29-27-13-11(20)6-10(19)12(21)14(13)28-29)26-15(30)8-2-4-9(5-3-8)31-18(22,23)24/h2-6,16,32H,7,25H2,1H3,(H,26,30). The predicted octanol–water partition coefficient (Wildman–Crippen LogP) is 4.69. The maximum atomic E-state index is 12.7. The van der Waals surface area contributed by atoms with Gasteiger partial charge in [-0.05, 0) is 37.3 Å². The van der Waals surface area contributed by atoms with Crippen molar-refractivity contribution in [3.05, 3.63) is 51.0 Å². The molecule has 2 aromatic carbocycles. The molecule has 0 bridgehead atoms. The molecular weight excluding hydrogens is 514 g/mol. The number of nitrogens with one attached hydrogen (secondary N) is 1. The number of alkyl halides is 3. The maximum Gasteiger partial charge on any atom is 0.573 e. The van der Waals surface area contributed by atoms with E-state index in [0.29, 0.717) is 5.52 Å². The van der Waals surface area contributed by atoms with Gasteiger partial charge in [0.05, 0.1) is 32.5 Å². The lowest BCUT2D eigenvalue weighted by Crippen LogP contribution is -2.58. The quantitative estimate of drug-likeness (QED) is 0.245. The molecule has 0 saturated heterocycles. The zero-order valence-corrected chi connectivity index (χ0v) is 19.3. The van der Waals surface area contributed by atoms with Crippen LogP contribution in [0.2, 0.25) is 15.1 Å². The van der Waals surface area contributed by atoms with Crippen molar-refractivity contribution < 1.29 is 22.7 Å². The number of halogens is 6. The van der Waals surface area contributed by atoms with Crippen LogP contribution in [0.3, 0.4) is 0 Å². The number of hydrogen-bond donors (Lipinski definition) is 3. The first kappa shape index (κ1) is 24.7. The van der Waals surface area contributed by atoms with E-state index < -0.39 is 28.9 Å². The second-order valence-electron chi connectivity index (χ2n) is 6.97. The Hall–Kier alpha value is -1.92. The highest BCUT2D eigenvalue weighted by atomic mass is 35.5. The molecule has 0 spiro atoms. The summed E-state index contributed by atoms with van der Waals surface area (Å²) >= 11 is 22.6. The van der Waals surface area contributed by atoms with Crippen molar-refractivity contribution in [2.75, 3.05) is 0 Å². The smallest absolute Gasteiger partial charge is 0.406 e. The zero-order chi connectivity index (χ0) is 23.8. The molecule has 3 N–H and O–H groups in total. The monoisotopic (exact) mass is 527 g/mol. The molecule has 32 heavy (non-hydrogen) atoms. The highest BCUT2D eigenvalue weighted by molar-refractivity contribution is 7.81. The molecule has 1 aromatic heterocycles. The van der Waals surface area contributed by atoms with Crippen LogP contribution in [-0.2, 0) is 6.54 Å². The Morgan fingerprint density at radius 1 is 1.19 bits per heavy atom. The molecule has 14 heteroatoms. The zero-order valence-electron chi connectivity index (χ0n) is 16.1. The second-order valence-corrected chi connectivity index (χ2v) is 8.72. The third kappa shape index (κ3) is 5.52. The average molecular weight is 529 g/mol. The Kier molecular flexibility index (Phi) is 7.06. The SMILES string of the molecule is CC(Cn1nc2c(Cl)cc(Cl)c(Cl)c2n1)(NC(=O)c1ccc(OC(F)(F)F)cc1)C(N)S. The lowest BCUT2D eigenvalue weighted by atomic mass is 10.0. The number of benzene rings is 2. The van der Waals surface area contributed by atoms with E-state index >= 15 is 0 Å². The fraction of sp³-hybridized carbons (Fsp3) is 0.278. The number of rotatable bonds is 6. The number of fused-ring (bicyclic) bond motifs is 1. The van der Waals surface area contributed by atoms with Gasteiger partial charge in [-0.15, -0.1) is 13.2 Å². The minimum absolute atomic E-state index is 0.0301. The first-order valence-electron chi connectivity index (χ1n) is 8.79. The molecule has 1 heterocycles. The van der Waals surface area contributed by atoms with Crippen LogP contribution in [0.5, 0.6) is 5.75 Å². The van der Waals surface area contributed by atoms with Crippen molar-refractivity contribution in [2.24, 2.45) is 5.73 Å². The summed E-state index contributed by atoms with van der Waals surface area (Å²) < 4.78 is 40.7. The lowest BCUT2D eigenvalue weighted by Gasteiger charge is -2.33.